The Bertz CT molecular complexity index is 186. The quantitative estimate of drug-likeness (QED) is 0.609. The number of carbonyl (C=O) groups excluding carboxylic acids is 1. The van der Waals surface area contributed by atoms with Gasteiger partial charge in [-0.3, -0.25) is 0 Å². The molecule has 0 bridgehead atoms. The summed E-state index contributed by atoms with van der Waals surface area (Å²) in [6.07, 6.45) is 0.486. The van der Waals surface area contributed by atoms with Crippen molar-refractivity contribution < 1.29 is 9.53 Å². The lowest BCUT2D eigenvalue weighted by molar-refractivity contribution is 0.0523. The molecule has 2 atom stereocenters. The van der Waals surface area contributed by atoms with E-state index in [-0.39, 0.29) is 18.2 Å². The van der Waals surface area contributed by atoms with Crippen LogP contribution < -0.4 is 11.1 Å². The minimum absolute atomic E-state index is 0.123. The molecule has 70 valence electrons. The number of hydrogen-bond donors (Lipinski definition) is 2. The number of nitrogens with one attached hydrogen (secondary N) is 1. The van der Waals surface area contributed by atoms with E-state index in [0.29, 0.717) is 0 Å². The van der Waals surface area contributed by atoms with Gasteiger partial charge in [-0.1, -0.05) is 0 Å². The fourth-order valence-electron chi connectivity index (χ4n) is 0.840. The van der Waals surface area contributed by atoms with Crippen molar-refractivity contribution in [2.24, 2.45) is 5.73 Å². The highest BCUT2D eigenvalue weighted by atomic mass is 16.6. The maximum Gasteiger partial charge on any atom is 0.407 e. The molecule has 0 unspecified atom stereocenters. The predicted molar refractivity (Wildman–Crippen MR) is 45.8 cm³/mol. The number of alkyl carbamates (subject to hydrolysis) is 1. The number of hydrogen-bond acceptors (Lipinski definition) is 3. The summed E-state index contributed by atoms with van der Waals surface area (Å²) in [5.41, 5.74) is 5.08. The minimum Gasteiger partial charge on any atom is -0.444 e. The minimum atomic E-state index is -0.428. The Labute approximate surface area is 72.5 Å². The van der Waals surface area contributed by atoms with E-state index >= 15 is 0 Å². The SMILES string of the molecule is CC(C)(C)OC(=O)N[C@H]1C[C@@H]1N. The zero-order valence-corrected chi connectivity index (χ0v) is 7.76. The summed E-state index contributed by atoms with van der Waals surface area (Å²) in [6, 6.07) is 0.248. The van der Waals surface area contributed by atoms with E-state index in [1.807, 2.05) is 20.8 Å². The second-order valence-electron chi connectivity index (χ2n) is 4.15. The van der Waals surface area contributed by atoms with E-state index in [4.69, 9.17) is 10.5 Å². The van der Waals surface area contributed by atoms with E-state index in [0.717, 1.165) is 6.42 Å². The molecule has 1 aliphatic rings. The van der Waals surface area contributed by atoms with Crippen LogP contribution >= 0.6 is 0 Å². The standard InChI is InChI=1S/C8H16N2O2/c1-8(2,3)12-7(11)10-6-4-5(6)9/h5-6H,4,9H2,1-3H3,(H,10,11)/t5-,6-/m0/s1. The molecule has 0 saturated heterocycles. The zero-order valence-electron chi connectivity index (χ0n) is 7.76. The molecule has 0 spiro atoms. The highest BCUT2D eigenvalue weighted by molar-refractivity contribution is 5.68. The fourth-order valence-corrected chi connectivity index (χ4v) is 0.840. The first-order valence-corrected chi connectivity index (χ1v) is 4.13. The summed E-state index contributed by atoms with van der Waals surface area (Å²) in [5.74, 6) is 0. The smallest absolute Gasteiger partial charge is 0.407 e. The van der Waals surface area contributed by atoms with Gasteiger partial charge >= 0.3 is 6.09 Å². The number of rotatable bonds is 1. The first kappa shape index (κ1) is 9.32. The number of ether oxygens (including phenoxy) is 1. The molecule has 0 aromatic heterocycles. The van der Waals surface area contributed by atoms with Gasteiger partial charge in [-0.2, -0.15) is 0 Å². The van der Waals surface area contributed by atoms with Crippen LogP contribution in [0.4, 0.5) is 4.79 Å². The van der Waals surface area contributed by atoms with Crippen LogP contribution in [-0.2, 0) is 4.74 Å². The van der Waals surface area contributed by atoms with Crippen LogP contribution in [0.3, 0.4) is 0 Å². The third-order valence-electron chi connectivity index (χ3n) is 1.54. The third kappa shape index (κ3) is 3.09. The van der Waals surface area contributed by atoms with Gasteiger partial charge in [0.05, 0.1) is 0 Å². The van der Waals surface area contributed by atoms with Crippen molar-refractivity contribution in [1.82, 2.24) is 5.32 Å². The lowest BCUT2D eigenvalue weighted by atomic mass is 10.2. The molecule has 4 nitrogen and oxygen atoms in total. The Morgan fingerprint density at radius 2 is 2.08 bits per heavy atom. The van der Waals surface area contributed by atoms with Crippen LogP contribution in [0, 0.1) is 0 Å². The van der Waals surface area contributed by atoms with Crippen molar-refractivity contribution in [2.45, 2.75) is 44.9 Å². The predicted octanol–water partition coefficient (Wildman–Crippen LogP) is 0.611. The molecule has 0 aliphatic heterocycles. The average Bonchev–Trinajstić information content (AvgIpc) is 2.40. The van der Waals surface area contributed by atoms with Crippen LogP contribution in [0.1, 0.15) is 27.2 Å². The first-order valence-electron chi connectivity index (χ1n) is 4.13. The third-order valence-corrected chi connectivity index (χ3v) is 1.54. The summed E-state index contributed by atoms with van der Waals surface area (Å²) in [4.78, 5) is 11.1. The van der Waals surface area contributed by atoms with Crippen LogP contribution in [-0.4, -0.2) is 23.8 Å². The highest BCUT2D eigenvalue weighted by Crippen LogP contribution is 2.18. The second kappa shape index (κ2) is 2.94. The molecule has 1 amide bonds. The van der Waals surface area contributed by atoms with Crippen molar-refractivity contribution in [2.75, 3.05) is 0 Å². The Morgan fingerprint density at radius 1 is 1.58 bits per heavy atom. The summed E-state index contributed by atoms with van der Waals surface area (Å²) < 4.78 is 5.03. The Kier molecular flexibility index (Phi) is 2.28. The normalized spacial score (nSPS) is 28.0. The molecule has 4 heteroatoms. The van der Waals surface area contributed by atoms with Crippen molar-refractivity contribution in [3.63, 3.8) is 0 Å². The van der Waals surface area contributed by atoms with Gasteiger partial charge in [0.1, 0.15) is 5.60 Å². The molecule has 0 heterocycles. The molecule has 1 aliphatic carbocycles. The molecule has 12 heavy (non-hydrogen) atoms. The zero-order chi connectivity index (χ0) is 9.35. The van der Waals surface area contributed by atoms with Crippen molar-refractivity contribution in [3.8, 4) is 0 Å². The molecule has 1 rings (SSSR count). The molecular weight excluding hydrogens is 156 g/mol. The summed E-state index contributed by atoms with van der Waals surface area (Å²) >= 11 is 0. The average molecular weight is 172 g/mol. The topological polar surface area (TPSA) is 64.3 Å². The van der Waals surface area contributed by atoms with Gasteiger partial charge < -0.3 is 15.8 Å². The van der Waals surface area contributed by atoms with Gasteiger partial charge in [-0.25, -0.2) is 4.79 Å². The van der Waals surface area contributed by atoms with E-state index in [1.165, 1.54) is 0 Å². The molecule has 0 aromatic rings. The van der Waals surface area contributed by atoms with E-state index in [1.54, 1.807) is 0 Å². The van der Waals surface area contributed by atoms with Crippen molar-refractivity contribution >= 4 is 6.09 Å². The van der Waals surface area contributed by atoms with Crippen LogP contribution in [0.5, 0.6) is 0 Å². The first-order chi connectivity index (χ1) is 5.38. The fraction of sp³-hybridized carbons (Fsp3) is 0.875. The summed E-state index contributed by atoms with van der Waals surface area (Å²) in [5, 5.41) is 2.67. The van der Waals surface area contributed by atoms with Gasteiger partial charge in [0.15, 0.2) is 0 Å². The number of amides is 1. The van der Waals surface area contributed by atoms with Gasteiger partial charge in [0.25, 0.3) is 0 Å². The van der Waals surface area contributed by atoms with E-state index in [2.05, 4.69) is 5.32 Å². The Morgan fingerprint density at radius 3 is 2.42 bits per heavy atom. The van der Waals surface area contributed by atoms with Gasteiger partial charge in [0, 0.05) is 12.1 Å². The van der Waals surface area contributed by atoms with Gasteiger partial charge in [-0.05, 0) is 27.2 Å². The lowest BCUT2D eigenvalue weighted by Crippen LogP contribution is -2.35. The van der Waals surface area contributed by atoms with Crippen molar-refractivity contribution in [3.05, 3.63) is 0 Å². The van der Waals surface area contributed by atoms with Crippen LogP contribution in [0.25, 0.3) is 0 Å². The maximum atomic E-state index is 11.1. The van der Waals surface area contributed by atoms with Crippen molar-refractivity contribution in [1.29, 1.82) is 0 Å². The van der Waals surface area contributed by atoms with Crippen LogP contribution in [0.2, 0.25) is 0 Å². The molecule has 1 saturated carbocycles. The second-order valence-corrected chi connectivity index (χ2v) is 4.15. The van der Waals surface area contributed by atoms with Gasteiger partial charge in [0.2, 0.25) is 0 Å². The van der Waals surface area contributed by atoms with E-state index in [9.17, 15) is 4.79 Å². The molecule has 0 radical (unpaired) electrons. The van der Waals surface area contributed by atoms with Crippen LogP contribution in [0.15, 0.2) is 0 Å². The maximum absolute atomic E-state index is 11.1. The summed E-state index contributed by atoms with van der Waals surface area (Å²) in [6.45, 7) is 5.50. The molecule has 3 N–H and O–H groups in total. The molecule has 1 fully saturated rings. The molecule has 0 aromatic carbocycles. The highest BCUT2D eigenvalue weighted by Gasteiger charge is 2.35. The Hall–Kier alpha value is -0.770. The molecular formula is C8H16N2O2. The van der Waals surface area contributed by atoms with E-state index < -0.39 is 5.60 Å². The lowest BCUT2D eigenvalue weighted by Gasteiger charge is -2.19. The Balaban J connectivity index is 2.21. The van der Waals surface area contributed by atoms with Gasteiger partial charge in [-0.15, -0.1) is 0 Å². The summed E-state index contributed by atoms with van der Waals surface area (Å²) in [7, 11) is 0. The number of carbonyl (C=O) groups is 1. The largest absolute Gasteiger partial charge is 0.444 e. The number of nitrogens with two attached hydrogens (primary N) is 1. The monoisotopic (exact) mass is 172 g/mol.